The fourth-order valence-electron chi connectivity index (χ4n) is 2.91. The fraction of sp³-hybridized carbons (Fsp3) is 0.211. The Morgan fingerprint density at radius 1 is 1.15 bits per heavy atom. The van der Waals surface area contributed by atoms with Gasteiger partial charge < -0.3 is 9.72 Å². The number of alkyl halides is 4. The van der Waals surface area contributed by atoms with E-state index in [0.717, 1.165) is 18.2 Å². The van der Waals surface area contributed by atoms with Gasteiger partial charge in [-0.3, -0.25) is 4.79 Å². The number of rotatable bonds is 4. The molecular weight excluding hydrogens is 430 g/mol. The van der Waals surface area contributed by atoms with Crippen molar-refractivity contribution in [3.8, 4) is 5.75 Å². The van der Waals surface area contributed by atoms with Gasteiger partial charge in [-0.2, -0.15) is 13.2 Å². The molecule has 3 aromatic rings. The first kappa shape index (κ1) is 19.4. The van der Waals surface area contributed by atoms with Crippen LogP contribution in [0.2, 0.25) is 0 Å². The third-order valence-electron chi connectivity index (χ3n) is 4.35. The minimum absolute atomic E-state index is 0.0850. The minimum atomic E-state index is -4.52. The summed E-state index contributed by atoms with van der Waals surface area (Å²) >= 11 is 3.35. The monoisotopic (exact) mass is 443 g/mol. The number of hydrogen-bond acceptors (Lipinski definition) is 2. The average Bonchev–Trinajstić information content (AvgIpc) is 3.02. The van der Waals surface area contributed by atoms with Crippen LogP contribution in [0.15, 0.2) is 42.6 Å². The zero-order valence-electron chi connectivity index (χ0n) is 14.2. The van der Waals surface area contributed by atoms with Crippen molar-refractivity contribution in [2.75, 3.05) is 7.11 Å². The molecule has 0 saturated heterocycles. The Kier molecular flexibility index (Phi) is 4.80. The topological polar surface area (TPSA) is 42.1 Å². The standard InChI is InChI=1S/C19H14BrF4NO2/c1-18(20,14-5-4-11(21)8-16(14)27-2)17(26)13-9-25-15-6-3-10(7-12(13)15)19(22,23)24/h3-9,25H,1-2H3. The highest BCUT2D eigenvalue weighted by atomic mass is 79.9. The largest absolute Gasteiger partial charge is 0.496 e. The lowest BCUT2D eigenvalue weighted by atomic mass is 9.91. The molecule has 0 spiro atoms. The molecule has 142 valence electrons. The fourth-order valence-corrected chi connectivity index (χ4v) is 3.45. The van der Waals surface area contributed by atoms with Crippen LogP contribution in [-0.4, -0.2) is 17.9 Å². The number of aromatic amines is 1. The summed E-state index contributed by atoms with van der Waals surface area (Å²) in [5.74, 6) is -0.871. The summed E-state index contributed by atoms with van der Waals surface area (Å²) in [6.07, 6.45) is -3.16. The molecule has 1 atom stereocenters. The second-order valence-corrected chi connectivity index (χ2v) is 7.72. The lowest BCUT2D eigenvalue weighted by molar-refractivity contribution is -0.137. The molecule has 0 saturated carbocycles. The number of carbonyl (C=O) groups excluding carboxylic acids is 1. The summed E-state index contributed by atoms with van der Waals surface area (Å²) in [5, 5.41) is 0.154. The first-order chi connectivity index (χ1) is 12.6. The molecule has 3 rings (SSSR count). The van der Waals surface area contributed by atoms with Crippen LogP contribution in [0.5, 0.6) is 5.75 Å². The number of hydrogen-bond donors (Lipinski definition) is 1. The summed E-state index contributed by atoms with van der Waals surface area (Å²) < 4.78 is 56.4. The van der Waals surface area contributed by atoms with Crippen molar-refractivity contribution in [1.29, 1.82) is 0 Å². The normalized spacial score (nSPS) is 14.2. The molecule has 27 heavy (non-hydrogen) atoms. The van der Waals surface area contributed by atoms with Crippen molar-refractivity contribution in [2.24, 2.45) is 0 Å². The van der Waals surface area contributed by atoms with Gasteiger partial charge in [0.25, 0.3) is 0 Å². The van der Waals surface area contributed by atoms with Crippen LogP contribution in [0, 0.1) is 5.82 Å². The van der Waals surface area contributed by atoms with E-state index >= 15 is 0 Å². The van der Waals surface area contributed by atoms with Gasteiger partial charge in [0.05, 0.1) is 12.7 Å². The Balaban J connectivity index is 2.12. The van der Waals surface area contributed by atoms with Gasteiger partial charge in [0.15, 0.2) is 5.78 Å². The lowest BCUT2D eigenvalue weighted by Gasteiger charge is -2.23. The number of methoxy groups -OCH3 is 1. The number of halogens is 5. The van der Waals surface area contributed by atoms with Crippen molar-refractivity contribution in [3.05, 3.63) is 65.1 Å². The number of H-pyrrole nitrogens is 1. The molecule has 1 N–H and O–H groups in total. The first-order valence-corrected chi connectivity index (χ1v) is 8.61. The molecule has 1 heterocycles. The number of aromatic nitrogens is 1. The maximum Gasteiger partial charge on any atom is 0.416 e. The molecular formula is C19H14BrF4NO2. The van der Waals surface area contributed by atoms with E-state index in [2.05, 4.69) is 20.9 Å². The Hall–Kier alpha value is -2.35. The Bertz CT molecular complexity index is 1020. The van der Waals surface area contributed by atoms with E-state index < -0.39 is 27.7 Å². The van der Waals surface area contributed by atoms with Crippen LogP contribution in [0.1, 0.15) is 28.4 Å². The van der Waals surface area contributed by atoms with E-state index in [1.165, 1.54) is 38.4 Å². The zero-order valence-corrected chi connectivity index (χ0v) is 15.8. The molecule has 0 aliphatic rings. The van der Waals surface area contributed by atoms with E-state index in [9.17, 15) is 22.4 Å². The van der Waals surface area contributed by atoms with Crippen molar-refractivity contribution in [3.63, 3.8) is 0 Å². The summed E-state index contributed by atoms with van der Waals surface area (Å²) in [6.45, 7) is 1.54. The predicted octanol–water partition coefficient (Wildman–Crippen LogP) is 5.83. The summed E-state index contributed by atoms with van der Waals surface area (Å²) in [4.78, 5) is 16.0. The molecule has 1 aromatic heterocycles. The van der Waals surface area contributed by atoms with Crippen LogP contribution in [0.3, 0.4) is 0 Å². The van der Waals surface area contributed by atoms with E-state index in [1.807, 2.05) is 0 Å². The number of benzene rings is 2. The maximum absolute atomic E-state index is 13.5. The first-order valence-electron chi connectivity index (χ1n) is 7.81. The smallest absolute Gasteiger partial charge is 0.416 e. The number of ketones is 1. The van der Waals surface area contributed by atoms with Crippen LogP contribution in [-0.2, 0) is 10.5 Å². The van der Waals surface area contributed by atoms with E-state index in [1.54, 1.807) is 0 Å². The minimum Gasteiger partial charge on any atom is -0.496 e. The molecule has 0 aliphatic carbocycles. The van der Waals surface area contributed by atoms with Gasteiger partial charge in [-0.25, -0.2) is 4.39 Å². The van der Waals surface area contributed by atoms with E-state index in [0.29, 0.717) is 11.1 Å². The molecule has 0 radical (unpaired) electrons. The summed E-state index contributed by atoms with van der Waals surface area (Å²) in [6, 6.07) is 6.88. The Morgan fingerprint density at radius 3 is 2.48 bits per heavy atom. The zero-order chi connectivity index (χ0) is 20.0. The highest BCUT2D eigenvalue weighted by Crippen LogP contribution is 2.41. The van der Waals surface area contributed by atoms with Crippen LogP contribution in [0.4, 0.5) is 17.6 Å². The van der Waals surface area contributed by atoms with E-state index in [-0.39, 0.29) is 16.7 Å². The van der Waals surface area contributed by atoms with Gasteiger partial charge in [0.1, 0.15) is 15.9 Å². The van der Waals surface area contributed by atoms with Gasteiger partial charge in [0.2, 0.25) is 0 Å². The van der Waals surface area contributed by atoms with Crippen molar-refractivity contribution < 1.29 is 27.1 Å². The number of nitrogens with one attached hydrogen (secondary N) is 1. The second kappa shape index (κ2) is 6.67. The van der Waals surface area contributed by atoms with Crippen molar-refractivity contribution in [1.82, 2.24) is 4.98 Å². The Labute approximate surface area is 160 Å². The summed E-state index contributed by atoms with van der Waals surface area (Å²) in [5.41, 5.74) is -0.000381. The third-order valence-corrected chi connectivity index (χ3v) is 5.14. The molecule has 0 amide bonds. The quantitative estimate of drug-likeness (QED) is 0.313. The van der Waals surface area contributed by atoms with Crippen LogP contribution < -0.4 is 4.74 Å². The highest BCUT2D eigenvalue weighted by Gasteiger charge is 2.37. The molecule has 0 aliphatic heterocycles. The molecule has 8 heteroatoms. The van der Waals surface area contributed by atoms with Gasteiger partial charge in [-0.05, 0) is 31.2 Å². The molecule has 1 unspecified atom stereocenters. The highest BCUT2D eigenvalue weighted by molar-refractivity contribution is 9.10. The van der Waals surface area contributed by atoms with Gasteiger partial charge >= 0.3 is 6.18 Å². The third kappa shape index (κ3) is 3.45. The second-order valence-electron chi connectivity index (χ2n) is 6.14. The van der Waals surface area contributed by atoms with E-state index in [4.69, 9.17) is 4.74 Å². The maximum atomic E-state index is 13.5. The van der Waals surface area contributed by atoms with Gasteiger partial charge in [-0.1, -0.05) is 22.0 Å². The van der Waals surface area contributed by atoms with Crippen LogP contribution in [0.25, 0.3) is 10.9 Å². The molecule has 2 aromatic carbocycles. The molecule has 0 fully saturated rings. The SMILES string of the molecule is COc1cc(F)ccc1C(C)(Br)C(=O)c1c[nH]c2ccc(C(F)(F)F)cc12. The van der Waals surface area contributed by atoms with Gasteiger partial charge in [0, 0.05) is 34.3 Å². The molecule has 0 bridgehead atoms. The van der Waals surface area contributed by atoms with Crippen molar-refractivity contribution in [2.45, 2.75) is 17.4 Å². The van der Waals surface area contributed by atoms with Crippen LogP contribution >= 0.6 is 15.9 Å². The summed E-state index contributed by atoms with van der Waals surface area (Å²) in [7, 11) is 1.34. The number of Topliss-reactive ketones (excluding diaryl/α,β-unsaturated/α-hetero) is 1. The number of fused-ring (bicyclic) bond motifs is 1. The average molecular weight is 444 g/mol. The number of carbonyl (C=O) groups is 1. The van der Waals surface area contributed by atoms with Crippen molar-refractivity contribution >= 4 is 32.6 Å². The Morgan fingerprint density at radius 2 is 1.85 bits per heavy atom. The lowest BCUT2D eigenvalue weighted by Crippen LogP contribution is -2.26. The van der Waals surface area contributed by atoms with Gasteiger partial charge in [-0.15, -0.1) is 0 Å². The molecule has 3 nitrogen and oxygen atoms in total. The number of ether oxygens (including phenoxy) is 1. The predicted molar refractivity (Wildman–Crippen MR) is 96.9 cm³/mol.